The third kappa shape index (κ3) is 5.20. The highest BCUT2D eigenvalue weighted by molar-refractivity contribution is 6.30. The lowest BCUT2D eigenvalue weighted by Gasteiger charge is -2.11. The molecular weight excluding hydrogens is 422 g/mol. The fourth-order valence-corrected chi connectivity index (χ4v) is 3.33. The molecule has 6 heteroatoms. The van der Waals surface area contributed by atoms with Crippen molar-refractivity contribution in [3.63, 3.8) is 0 Å². The van der Waals surface area contributed by atoms with Crippen molar-refractivity contribution in [2.24, 2.45) is 0 Å². The maximum Gasteiger partial charge on any atom is 0.221 e. The van der Waals surface area contributed by atoms with E-state index in [1.807, 2.05) is 78.9 Å². The van der Waals surface area contributed by atoms with E-state index in [9.17, 15) is 0 Å². The highest BCUT2D eigenvalue weighted by atomic mass is 35.5. The first-order valence-corrected chi connectivity index (χ1v) is 10.3. The van der Waals surface area contributed by atoms with Gasteiger partial charge in [0.05, 0.1) is 11.2 Å². The Morgan fingerprint density at radius 3 is 2.41 bits per heavy atom. The number of fused-ring (bicyclic) bond motifs is 1. The molecular formula is C26H20ClN3O2. The first-order chi connectivity index (χ1) is 15.6. The molecule has 32 heavy (non-hydrogen) atoms. The quantitative estimate of drug-likeness (QED) is 0.192. The van der Waals surface area contributed by atoms with Crippen LogP contribution in [0.2, 0.25) is 5.02 Å². The van der Waals surface area contributed by atoms with Gasteiger partial charge in [0, 0.05) is 16.0 Å². The molecule has 2 N–H and O–H groups in total. The van der Waals surface area contributed by atoms with Gasteiger partial charge in [-0.15, -0.1) is 0 Å². The number of aromatic nitrogens is 1. The molecule has 0 bridgehead atoms. The second kappa shape index (κ2) is 9.90. The third-order valence-corrected chi connectivity index (χ3v) is 5.06. The van der Waals surface area contributed by atoms with E-state index in [0.717, 1.165) is 34.1 Å². The number of hydrogen-bond acceptors (Lipinski definition) is 5. The summed E-state index contributed by atoms with van der Waals surface area (Å²) in [5.74, 6) is 0.568. The Bertz CT molecular complexity index is 1280. The van der Waals surface area contributed by atoms with E-state index in [1.54, 1.807) is 12.1 Å². The summed E-state index contributed by atoms with van der Waals surface area (Å²) in [5, 5.41) is 17.1. The molecule has 5 nitrogen and oxygen atoms in total. The van der Waals surface area contributed by atoms with Crippen molar-refractivity contribution in [1.82, 2.24) is 4.98 Å². The van der Waals surface area contributed by atoms with Gasteiger partial charge in [0.25, 0.3) is 0 Å². The van der Waals surface area contributed by atoms with E-state index < -0.39 is 0 Å². The summed E-state index contributed by atoms with van der Waals surface area (Å²) in [6.07, 6.45) is 2.56. The average molecular weight is 442 g/mol. The molecule has 158 valence electrons. The molecule has 3 aromatic carbocycles. The minimum absolute atomic E-state index is 0.121. The number of nitrogens with one attached hydrogen (secondary N) is 2. The van der Waals surface area contributed by atoms with Gasteiger partial charge in [-0.25, -0.2) is 4.98 Å². The number of para-hydroxylation sites is 1. The number of benzene rings is 3. The van der Waals surface area contributed by atoms with Crippen LogP contribution in [0.15, 0.2) is 84.9 Å². The minimum Gasteiger partial charge on any atom is -0.487 e. The molecule has 0 saturated heterocycles. The molecule has 0 fully saturated rings. The topological polar surface area (TPSA) is 79.0 Å². The number of hydrogen-bond donors (Lipinski definition) is 2. The van der Waals surface area contributed by atoms with Gasteiger partial charge in [0.1, 0.15) is 12.4 Å². The molecule has 1 aromatic heterocycles. The second-order valence-corrected chi connectivity index (χ2v) is 7.42. The molecule has 4 aromatic rings. The molecule has 0 saturated carbocycles. The van der Waals surface area contributed by atoms with Crippen molar-refractivity contribution < 1.29 is 9.47 Å². The zero-order chi connectivity index (χ0) is 22.3. The fourth-order valence-electron chi connectivity index (χ4n) is 3.20. The summed E-state index contributed by atoms with van der Waals surface area (Å²) < 4.78 is 10.9. The maximum atomic E-state index is 8.18. The molecule has 0 atom stereocenters. The van der Waals surface area contributed by atoms with Gasteiger partial charge < -0.3 is 9.47 Å². The Morgan fingerprint density at radius 2 is 1.66 bits per heavy atom. The van der Waals surface area contributed by atoms with Gasteiger partial charge in [-0.2, -0.15) is 0 Å². The highest BCUT2D eigenvalue weighted by Gasteiger charge is 2.11. The standard InChI is InChI=1S/C26H20ClN3O2/c27-21-10-5-18(6-11-21)15-24(26(29)32-17-28)19-8-13-23(14-9-19)31-16-22-12-7-20-3-1-2-4-25(20)30-22/h1-15,17,28-29H,16H2/b24-15+,28-17?,29-26?. The van der Waals surface area contributed by atoms with Gasteiger partial charge in [-0.3, -0.25) is 10.8 Å². The minimum atomic E-state index is -0.121. The van der Waals surface area contributed by atoms with Gasteiger partial charge in [-0.05, 0) is 53.6 Å². The molecule has 0 aliphatic carbocycles. The van der Waals surface area contributed by atoms with E-state index >= 15 is 0 Å². The molecule has 0 radical (unpaired) electrons. The Balaban J connectivity index is 1.52. The van der Waals surface area contributed by atoms with Crippen LogP contribution in [0.1, 0.15) is 16.8 Å². The summed E-state index contributed by atoms with van der Waals surface area (Å²) >= 11 is 5.96. The van der Waals surface area contributed by atoms with Crippen LogP contribution in [0.5, 0.6) is 5.75 Å². The number of rotatable bonds is 7. The lowest BCUT2D eigenvalue weighted by Crippen LogP contribution is -2.05. The summed E-state index contributed by atoms with van der Waals surface area (Å²) in [7, 11) is 0. The van der Waals surface area contributed by atoms with Crippen LogP contribution in [-0.4, -0.2) is 17.3 Å². The molecule has 0 aliphatic heterocycles. The number of halogens is 1. The molecule has 0 amide bonds. The van der Waals surface area contributed by atoms with Crippen LogP contribution in [0, 0.1) is 10.8 Å². The fraction of sp³-hybridized carbons (Fsp3) is 0.0385. The average Bonchev–Trinajstić information content (AvgIpc) is 2.83. The van der Waals surface area contributed by atoms with Gasteiger partial charge in [0.15, 0.2) is 6.40 Å². The summed E-state index contributed by atoms with van der Waals surface area (Å²) in [5.41, 5.74) is 3.95. The Hall–Kier alpha value is -3.96. The Kier molecular flexibility index (Phi) is 6.58. The van der Waals surface area contributed by atoms with E-state index in [0.29, 0.717) is 23.0 Å². The summed E-state index contributed by atoms with van der Waals surface area (Å²) in [6, 6.07) is 26.6. The highest BCUT2D eigenvalue weighted by Crippen LogP contribution is 2.24. The SMILES string of the molecule is N=COC(=N)/C(=C/c1ccc(Cl)cc1)c1ccc(OCc2ccc3ccccc3n2)cc1. The monoisotopic (exact) mass is 441 g/mol. The number of nitrogens with zero attached hydrogens (tertiary/aromatic N) is 1. The summed E-state index contributed by atoms with van der Waals surface area (Å²) in [6.45, 7) is 0.352. The van der Waals surface area contributed by atoms with Crippen LogP contribution in [0.3, 0.4) is 0 Å². The maximum absolute atomic E-state index is 8.18. The first-order valence-electron chi connectivity index (χ1n) is 9.92. The van der Waals surface area contributed by atoms with Crippen molar-refractivity contribution in [3.05, 3.63) is 107 Å². The van der Waals surface area contributed by atoms with Crippen molar-refractivity contribution in [1.29, 1.82) is 10.8 Å². The van der Waals surface area contributed by atoms with E-state index in [2.05, 4.69) is 4.98 Å². The van der Waals surface area contributed by atoms with E-state index in [-0.39, 0.29) is 5.90 Å². The normalized spacial score (nSPS) is 11.2. The van der Waals surface area contributed by atoms with Crippen LogP contribution < -0.4 is 4.74 Å². The molecule has 1 heterocycles. The number of pyridine rings is 1. The first kappa shape index (κ1) is 21.3. The Labute approximate surface area is 190 Å². The van der Waals surface area contributed by atoms with Crippen LogP contribution in [0.25, 0.3) is 22.6 Å². The van der Waals surface area contributed by atoms with E-state index in [1.165, 1.54) is 0 Å². The largest absolute Gasteiger partial charge is 0.487 e. The van der Waals surface area contributed by atoms with Crippen LogP contribution in [-0.2, 0) is 11.3 Å². The van der Waals surface area contributed by atoms with Crippen molar-refractivity contribution in [2.75, 3.05) is 0 Å². The van der Waals surface area contributed by atoms with Gasteiger partial charge >= 0.3 is 0 Å². The molecule has 0 aliphatic rings. The van der Waals surface area contributed by atoms with Crippen molar-refractivity contribution in [2.45, 2.75) is 6.61 Å². The van der Waals surface area contributed by atoms with Crippen molar-refractivity contribution >= 4 is 46.5 Å². The molecule has 0 unspecified atom stereocenters. The molecule has 4 rings (SSSR count). The summed E-state index contributed by atoms with van der Waals surface area (Å²) in [4.78, 5) is 4.62. The smallest absolute Gasteiger partial charge is 0.221 e. The Morgan fingerprint density at radius 1 is 0.906 bits per heavy atom. The third-order valence-electron chi connectivity index (χ3n) is 4.81. The van der Waals surface area contributed by atoms with Gasteiger partial charge in [-0.1, -0.05) is 60.1 Å². The predicted octanol–water partition coefficient (Wildman–Crippen LogP) is 6.61. The van der Waals surface area contributed by atoms with Crippen LogP contribution in [0.4, 0.5) is 0 Å². The number of ether oxygens (including phenoxy) is 2. The van der Waals surface area contributed by atoms with Gasteiger partial charge in [0.2, 0.25) is 5.90 Å². The second-order valence-electron chi connectivity index (χ2n) is 6.98. The lowest BCUT2D eigenvalue weighted by molar-refractivity contribution is 0.302. The van der Waals surface area contributed by atoms with Crippen molar-refractivity contribution in [3.8, 4) is 5.75 Å². The zero-order valence-corrected chi connectivity index (χ0v) is 17.8. The predicted molar refractivity (Wildman–Crippen MR) is 129 cm³/mol. The van der Waals surface area contributed by atoms with E-state index in [4.69, 9.17) is 31.9 Å². The molecule has 0 spiro atoms. The lowest BCUT2D eigenvalue weighted by atomic mass is 10.0. The zero-order valence-electron chi connectivity index (χ0n) is 17.1. The van der Waals surface area contributed by atoms with Crippen LogP contribution >= 0.6 is 11.6 Å².